The molecule has 0 bridgehead atoms. The van der Waals surface area contributed by atoms with E-state index < -0.39 is 0 Å². The summed E-state index contributed by atoms with van der Waals surface area (Å²) in [5, 5.41) is 8.56. The quantitative estimate of drug-likeness (QED) is 0.542. The molecule has 0 rings (SSSR count). The predicted octanol–water partition coefficient (Wildman–Crippen LogP) is -0.510. The summed E-state index contributed by atoms with van der Waals surface area (Å²) in [7, 11) is 3.27. The van der Waals surface area contributed by atoms with E-state index in [4.69, 9.17) is 14.6 Å². The maximum atomic E-state index is 11.3. The van der Waals surface area contributed by atoms with E-state index in [0.717, 1.165) is 0 Å². The second kappa shape index (κ2) is 8.93. The van der Waals surface area contributed by atoms with Crippen LogP contribution in [-0.4, -0.2) is 63.0 Å². The molecular formula is C9H19NO4. The molecule has 5 heteroatoms. The number of aliphatic hydroxyl groups excluding tert-OH is 1. The first kappa shape index (κ1) is 13.4. The normalized spacial score (nSPS) is 10.2. The summed E-state index contributed by atoms with van der Waals surface area (Å²) in [6.07, 6.45) is 0.598. The van der Waals surface area contributed by atoms with Gasteiger partial charge in [0.2, 0.25) is 5.91 Å². The van der Waals surface area contributed by atoms with Crippen LogP contribution in [-0.2, 0) is 14.3 Å². The summed E-state index contributed by atoms with van der Waals surface area (Å²) >= 11 is 0. The van der Waals surface area contributed by atoms with E-state index in [1.54, 1.807) is 19.1 Å². The van der Waals surface area contributed by atoms with E-state index in [9.17, 15) is 4.79 Å². The number of hydrogen-bond acceptors (Lipinski definition) is 4. The fourth-order valence-electron chi connectivity index (χ4n) is 0.845. The van der Waals surface area contributed by atoms with Crippen LogP contribution in [0.5, 0.6) is 0 Å². The van der Waals surface area contributed by atoms with Gasteiger partial charge < -0.3 is 19.5 Å². The molecule has 0 unspecified atom stereocenters. The third kappa shape index (κ3) is 6.82. The second-order valence-electron chi connectivity index (χ2n) is 2.94. The minimum absolute atomic E-state index is 0.0745. The number of aliphatic hydroxyl groups is 1. The van der Waals surface area contributed by atoms with Crippen molar-refractivity contribution in [3.8, 4) is 0 Å². The Bertz CT molecular complexity index is 152. The number of carbonyl (C=O) groups is 1. The molecule has 0 heterocycles. The van der Waals surface area contributed by atoms with Crippen molar-refractivity contribution in [2.24, 2.45) is 0 Å². The Balaban J connectivity index is 3.42. The van der Waals surface area contributed by atoms with Crippen LogP contribution < -0.4 is 0 Å². The summed E-state index contributed by atoms with van der Waals surface area (Å²) in [5.41, 5.74) is 0. The van der Waals surface area contributed by atoms with E-state index in [-0.39, 0.29) is 19.1 Å². The van der Waals surface area contributed by atoms with E-state index in [2.05, 4.69) is 0 Å². The number of nitrogens with zero attached hydrogens (tertiary/aromatic N) is 1. The Morgan fingerprint density at radius 1 is 1.43 bits per heavy atom. The lowest BCUT2D eigenvalue weighted by molar-refractivity contribution is -0.135. The molecule has 0 aromatic carbocycles. The lowest BCUT2D eigenvalue weighted by atomic mass is 10.4. The van der Waals surface area contributed by atoms with Crippen LogP contribution in [0.4, 0.5) is 0 Å². The monoisotopic (exact) mass is 205 g/mol. The fourth-order valence-corrected chi connectivity index (χ4v) is 0.845. The first-order valence-corrected chi connectivity index (χ1v) is 4.64. The smallest absolute Gasteiger partial charge is 0.248 e. The van der Waals surface area contributed by atoms with Crippen LogP contribution in [0.1, 0.15) is 6.42 Å². The van der Waals surface area contributed by atoms with E-state index in [1.165, 1.54) is 0 Å². The minimum Gasteiger partial charge on any atom is -0.396 e. The number of hydrogen-bond donors (Lipinski definition) is 1. The number of rotatable bonds is 8. The molecule has 0 saturated heterocycles. The number of methoxy groups -OCH3 is 1. The molecule has 0 spiro atoms. The van der Waals surface area contributed by atoms with Gasteiger partial charge in [-0.3, -0.25) is 4.79 Å². The zero-order valence-electron chi connectivity index (χ0n) is 8.86. The van der Waals surface area contributed by atoms with Gasteiger partial charge in [0.05, 0.1) is 13.2 Å². The summed E-state index contributed by atoms with van der Waals surface area (Å²) in [5.74, 6) is -0.0745. The number of carbonyl (C=O) groups excluding carboxylic acids is 1. The van der Waals surface area contributed by atoms with Gasteiger partial charge in [-0.15, -0.1) is 0 Å². The zero-order valence-corrected chi connectivity index (χ0v) is 8.86. The fraction of sp³-hybridized carbons (Fsp3) is 0.889. The molecule has 0 aromatic rings. The molecule has 0 fully saturated rings. The largest absolute Gasteiger partial charge is 0.396 e. The first-order valence-electron chi connectivity index (χ1n) is 4.64. The molecule has 1 amide bonds. The Hall–Kier alpha value is -0.650. The van der Waals surface area contributed by atoms with E-state index >= 15 is 0 Å². The Kier molecular flexibility index (Phi) is 8.51. The van der Waals surface area contributed by atoms with Crippen LogP contribution in [0.2, 0.25) is 0 Å². The average molecular weight is 205 g/mol. The van der Waals surface area contributed by atoms with Gasteiger partial charge >= 0.3 is 0 Å². The number of likely N-dealkylation sites (N-methyl/N-ethyl adjacent to an activating group) is 1. The van der Waals surface area contributed by atoms with Crippen LogP contribution in [0.3, 0.4) is 0 Å². The van der Waals surface area contributed by atoms with Gasteiger partial charge in [-0.05, 0) is 6.42 Å². The van der Waals surface area contributed by atoms with Crippen molar-refractivity contribution in [2.75, 3.05) is 47.1 Å². The molecule has 1 N–H and O–H groups in total. The van der Waals surface area contributed by atoms with Gasteiger partial charge in [0.15, 0.2) is 0 Å². The molecule has 0 aliphatic rings. The van der Waals surface area contributed by atoms with Crippen LogP contribution in [0.15, 0.2) is 0 Å². The minimum atomic E-state index is -0.0745. The van der Waals surface area contributed by atoms with Crippen molar-refractivity contribution in [3.63, 3.8) is 0 Å². The Morgan fingerprint density at radius 2 is 2.14 bits per heavy atom. The highest BCUT2D eigenvalue weighted by Gasteiger charge is 2.07. The van der Waals surface area contributed by atoms with Crippen molar-refractivity contribution in [1.29, 1.82) is 0 Å². The van der Waals surface area contributed by atoms with Crippen molar-refractivity contribution in [2.45, 2.75) is 6.42 Å². The van der Waals surface area contributed by atoms with E-state index in [1.807, 2.05) is 0 Å². The average Bonchev–Trinajstić information content (AvgIpc) is 2.20. The number of ether oxygens (including phenoxy) is 2. The van der Waals surface area contributed by atoms with Crippen molar-refractivity contribution < 1.29 is 19.4 Å². The first-order chi connectivity index (χ1) is 6.72. The highest BCUT2D eigenvalue weighted by atomic mass is 16.5. The SMILES string of the molecule is COCCOCC(=O)N(C)CCCO. The predicted molar refractivity (Wildman–Crippen MR) is 52.0 cm³/mol. The molecule has 84 valence electrons. The molecule has 0 aromatic heterocycles. The van der Waals surface area contributed by atoms with Crippen LogP contribution >= 0.6 is 0 Å². The highest BCUT2D eigenvalue weighted by molar-refractivity contribution is 5.77. The molecule has 0 saturated carbocycles. The molecule has 14 heavy (non-hydrogen) atoms. The molecule has 0 atom stereocenters. The molecular weight excluding hydrogens is 186 g/mol. The summed E-state index contributed by atoms with van der Waals surface area (Å²) in [6, 6.07) is 0. The summed E-state index contributed by atoms with van der Waals surface area (Å²) < 4.78 is 9.82. The van der Waals surface area contributed by atoms with Gasteiger partial charge in [0, 0.05) is 27.3 Å². The maximum Gasteiger partial charge on any atom is 0.248 e. The summed E-state index contributed by atoms with van der Waals surface area (Å²) in [4.78, 5) is 12.8. The van der Waals surface area contributed by atoms with Gasteiger partial charge in [0.1, 0.15) is 6.61 Å². The number of amides is 1. The highest BCUT2D eigenvalue weighted by Crippen LogP contribution is 1.89. The third-order valence-electron chi connectivity index (χ3n) is 1.73. The lowest BCUT2D eigenvalue weighted by Crippen LogP contribution is -2.31. The third-order valence-corrected chi connectivity index (χ3v) is 1.73. The molecule has 0 aliphatic heterocycles. The van der Waals surface area contributed by atoms with Crippen LogP contribution in [0.25, 0.3) is 0 Å². The topological polar surface area (TPSA) is 59.0 Å². The van der Waals surface area contributed by atoms with Gasteiger partial charge in [0.25, 0.3) is 0 Å². The van der Waals surface area contributed by atoms with Crippen molar-refractivity contribution in [1.82, 2.24) is 4.90 Å². The van der Waals surface area contributed by atoms with Gasteiger partial charge in [-0.1, -0.05) is 0 Å². The zero-order chi connectivity index (χ0) is 10.8. The molecule has 0 aliphatic carbocycles. The van der Waals surface area contributed by atoms with Crippen molar-refractivity contribution >= 4 is 5.91 Å². The van der Waals surface area contributed by atoms with Gasteiger partial charge in [-0.25, -0.2) is 0 Å². The van der Waals surface area contributed by atoms with Crippen molar-refractivity contribution in [3.05, 3.63) is 0 Å². The standard InChI is InChI=1S/C9H19NO4/c1-10(4-3-5-11)9(12)8-14-7-6-13-2/h11H,3-8H2,1-2H3. The Labute approximate surface area is 84.6 Å². The molecule has 0 radical (unpaired) electrons. The van der Waals surface area contributed by atoms with E-state index in [0.29, 0.717) is 26.2 Å². The lowest BCUT2D eigenvalue weighted by Gasteiger charge is -2.16. The molecule has 5 nitrogen and oxygen atoms in total. The summed E-state index contributed by atoms with van der Waals surface area (Å²) in [6.45, 7) is 1.65. The van der Waals surface area contributed by atoms with Crippen LogP contribution in [0, 0.1) is 0 Å². The Morgan fingerprint density at radius 3 is 2.71 bits per heavy atom. The second-order valence-corrected chi connectivity index (χ2v) is 2.94. The maximum absolute atomic E-state index is 11.3. The van der Waals surface area contributed by atoms with Gasteiger partial charge in [-0.2, -0.15) is 0 Å².